The zero-order valence-electron chi connectivity index (χ0n) is 16.3. The van der Waals surface area contributed by atoms with Crippen LogP contribution in [0.5, 0.6) is 11.5 Å². The quantitative estimate of drug-likeness (QED) is 0.523. The third kappa shape index (κ3) is 3.11. The number of nitrogens with one attached hydrogen (secondary N) is 1. The fourth-order valence-corrected chi connectivity index (χ4v) is 5.34. The third-order valence-electron chi connectivity index (χ3n) is 5.40. The van der Waals surface area contributed by atoms with Crippen LogP contribution in [0.25, 0.3) is 22.0 Å². The van der Waals surface area contributed by atoms with Crippen LogP contribution in [-0.4, -0.2) is 23.2 Å². The number of aromatic amines is 1. The third-order valence-corrected chi connectivity index (χ3v) is 7.66. The number of benzene rings is 2. The van der Waals surface area contributed by atoms with Crippen LogP contribution in [0, 0.1) is 0 Å². The van der Waals surface area contributed by atoms with E-state index in [0.29, 0.717) is 35.4 Å². The second-order valence-electron chi connectivity index (χ2n) is 7.54. The normalized spacial score (nSPS) is 14.2. The second kappa shape index (κ2) is 6.88. The smallest absolute Gasteiger partial charge is 0.274 e. The summed E-state index contributed by atoms with van der Waals surface area (Å²) in [6, 6.07) is 16.1. The van der Waals surface area contributed by atoms with Gasteiger partial charge in [0, 0.05) is 36.0 Å². The van der Waals surface area contributed by atoms with Crippen molar-refractivity contribution >= 4 is 20.7 Å². The molecule has 0 unspecified atom stereocenters. The highest BCUT2D eigenvalue weighted by molar-refractivity contribution is 7.92. The van der Waals surface area contributed by atoms with Crippen molar-refractivity contribution < 1.29 is 13.2 Å². The number of hydrogen-bond acceptors (Lipinski definition) is 4. The Hall–Kier alpha value is -3.32. The lowest BCUT2D eigenvalue weighted by Crippen LogP contribution is -2.16. The minimum Gasteiger partial charge on any atom is -0.457 e. The van der Waals surface area contributed by atoms with Gasteiger partial charge in [-0.1, -0.05) is 18.2 Å². The number of nitrogens with zero attached hydrogens (tertiary/aromatic N) is 1. The fraction of sp³-hybridized carbons (Fsp3) is 0.174. The maximum atomic E-state index is 12.9. The van der Waals surface area contributed by atoms with E-state index >= 15 is 0 Å². The molecule has 1 aliphatic rings. The molecule has 1 N–H and O–H groups in total. The fourth-order valence-electron chi connectivity index (χ4n) is 3.66. The molecule has 30 heavy (non-hydrogen) atoms. The standard InChI is InChI=1S/C23H20N2O4S/c1-25-14-20(18-11-12-24-22(18)23(25)26)19-13-17(30(27,28)16-7-8-16)9-10-21(19)29-15-5-3-2-4-6-15/h2-6,9-14,16,24H,7-8H2,1H3. The highest BCUT2D eigenvalue weighted by atomic mass is 32.2. The van der Waals surface area contributed by atoms with Crippen LogP contribution in [0.1, 0.15) is 12.8 Å². The molecule has 1 aliphatic carbocycles. The van der Waals surface area contributed by atoms with Crippen molar-refractivity contribution in [3.05, 3.63) is 77.3 Å². The molecule has 2 aromatic heterocycles. The summed E-state index contributed by atoms with van der Waals surface area (Å²) in [5.41, 5.74) is 1.68. The molecule has 6 nitrogen and oxygen atoms in total. The first-order valence-electron chi connectivity index (χ1n) is 9.73. The van der Waals surface area contributed by atoms with Gasteiger partial charge in [0.25, 0.3) is 5.56 Å². The van der Waals surface area contributed by atoms with Gasteiger partial charge >= 0.3 is 0 Å². The molecule has 0 aliphatic heterocycles. The number of pyridine rings is 1. The van der Waals surface area contributed by atoms with Gasteiger partial charge in [-0.3, -0.25) is 4.79 Å². The molecule has 1 saturated carbocycles. The number of sulfone groups is 1. The number of hydrogen-bond donors (Lipinski definition) is 1. The first-order valence-corrected chi connectivity index (χ1v) is 11.3. The molecule has 4 aromatic rings. The van der Waals surface area contributed by atoms with Crippen molar-refractivity contribution in [1.82, 2.24) is 9.55 Å². The van der Waals surface area contributed by atoms with Crippen LogP contribution in [-0.2, 0) is 16.9 Å². The van der Waals surface area contributed by atoms with Crippen molar-refractivity contribution in [1.29, 1.82) is 0 Å². The van der Waals surface area contributed by atoms with Gasteiger partial charge in [-0.05, 0) is 49.2 Å². The number of H-pyrrole nitrogens is 1. The van der Waals surface area contributed by atoms with Crippen molar-refractivity contribution in [3.8, 4) is 22.6 Å². The van der Waals surface area contributed by atoms with Crippen LogP contribution >= 0.6 is 0 Å². The summed E-state index contributed by atoms with van der Waals surface area (Å²) in [5, 5.41) is 0.413. The Kier molecular flexibility index (Phi) is 4.29. The van der Waals surface area contributed by atoms with Crippen LogP contribution < -0.4 is 10.3 Å². The molecule has 152 valence electrons. The SMILES string of the molecule is Cn1cc(-c2cc(S(=O)(=O)C3CC3)ccc2Oc2ccccc2)c2cc[nH]c2c1=O. The molecule has 2 heterocycles. The maximum absolute atomic E-state index is 12.9. The Bertz CT molecular complexity index is 1410. The Balaban J connectivity index is 1.75. The minimum atomic E-state index is -3.38. The molecule has 7 heteroatoms. The molecule has 0 amide bonds. The molecular weight excluding hydrogens is 400 g/mol. The molecule has 2 aromatic carbocycles. The van der Waals surface area contributed by atoms with Crippen molar-refractivity contribution in [3.63, 3.8) is 0 Å². The van der Waals surface area contributed by atoms with E-state index in [1.807, 2.05) is 36.4 Å². The van der Waals surface area contributed by atoms with Crippen molar-refractivity contribution in [2.75, 3.05) is 0 Å². The van der Waals surface area contributed by atoms with E-state index in [2.05, 4.69) is 4.98 Å². The minimum absolute atomic E-state index is 0.147. The van der Waals surface area contributed by atoms with E-state index in [-0.39, 0.29) is 15.7 Å². The summed E-state index contributed by atoms with van der Waals surface area (Å²) in [7, 11) is -1.70. The zero-order chi connectivity index (χ0) is 20.9. The molecule has 0 bridgehead atoms. The molecule has 0 atom stereocenters. The molecule has 5 rings (SSSR count). The van der Waals surface area contributed by atoms with Gasteiger partial charge in [0.2, 0.25) is 0 Å². The molecule has 0 saturated heterocycles. The van der Waals surface area contributed by atoms with E-state index in [0.717, 1.165) is 10.9 Å². The Labute approximate surface area is 173 Å². The monoisotopic (exact) mass is 420 g/mol. The lowest BCUT2D eigenvalue weighted by molar-refractivity contribution is 0.484. The summed E-state index contributed by atoms with van der Waals surface area (Å²) in [4.78, 5) is 15.7. The van der Waals surface area contributed by atoms with Gasteiger partial charge in [-0.2, -0.15) is 0 Å². The average Bonchev–Trinajstić information content (AvgIpc) is 3.50. The van der Waals surface area contributed by atoms with E-state index in [4.69, 9.17) is 4.74 Å². The van der Waals surface area contributed by atoms with Gasteiger partial charge in [0.15, 0.2) is 9.84 Å². The number of aromatic nitrogens is 2. The van der Waals surface area contributed by atoms with Crippen molar-refractivity contribution in [2.45, 2.75) is 23.0 Å². The predicted octanol–water partition coefficient (Wildman–Crippen LogP) is 4.26. The van der Waals surface area contributed by atoms with E-state index in [9.17, 15) is 13.2 Å². The topological polar surface area (TPSA) is 81.2 Å². The molecule has 1 fully saturated rings. The molecule has 0 radical (unpaired) electrons. The predicted molar refractivity (Wildman–Crippen MR) is 116 cm³/mol. The lowest BCUT2D eigenvalue weighted by Gasteiger charge is -2.15. The van der Waals surface area contributed by atoms with E-state index in [1.165, 1.54) is 4.57 Å². The first-order chi connectivity index (χ1) is 14.4. The summed E-state index contributed by atoms with van der Waals surface area (Å²) in [5.74, 6) is 1.17. The van der Waals surface area contributed by atoms with Crippen LogP contribution in [0.2, 0.25) is 0 Å². The van der Waals surface area contributed by atoms with Crippen LogP contribution in [0.15, 0.2) is 76.7 Å². The summed E-state index contributed by atoms with van der Waals surface area (Å²) in [6.07, 6.45) is 4.82. The van der Waals surface area contributed by atoms with E-state index in [1.54, 1.807) is 37.6 Å². The number of rotatable bonds is 5. The van der Waals surface area contributed by atoms with Gasteiger partial charge in [0.1, 0.15) is 17.0 Å². The average molecular weight is 420 g/mol. The first kappa shape index (κ1) is 18.7. The maximum Gasteiger partial charge on any atom is 0.274 e. The molecular formula is C23H20N2O4S. The van der Waals surface area contributed by atoms with Gasteiger partial charge in [-0.25, -0.2) is 8.42 Å². The summed E-state index contributed by atoms with van der Waals surface area (Å²) in [6.45, 7) is 0. The highest BCUT2D eigenvalue weighted by Crippen LogP contribution is 2.40. The van der Waals surface area contributed by atoms with Gasteiger partial charge in [-0.15, -0.1) is 0 Å². The Morgan fingerprint density at radius 2 is 1.80 bits per heavy atom. The van der Waals surface area contributed by atoms with Gasteiger partial charge < -0.3 is 14.3 Å². The highest BCUT2D eigenvalue weighted by Gasteiger charge is 2.37. The zero-order valence-corrected chi connectivity index (χ0v) is 17.1. The number of ether oxygens (including phenoxy) is 1. The lowest BCUT2D eigenvalue weighted by atomic mass is 10.0. The van der Waals surface area contributed by atoms with Crippen LogP contribution in [0.3, 0.4) is 0 Å². The second-order valence-corrected chi connectivity index (χ2v) is 9.77. The van der Waals surface area contributed by atoms with Gasteiger partial charge in [0.05, 0.1) is 10.1 Å². The van der Waals surface area contributed by atoms with Crippen molar-refractivity contribution in [2.24, 2.45) is 7.05 Å². The summed E-state index contributed by atoms with van der Waals surface area (Å²) >= 11 is 0. The Morgan fingerprint density at radius 3 is 2.53 bits per heavy atom. The Morgan fingerprint density at radius 1 is 1.03 bits per heavy atom. The number of aryl methyl sites for hydroxylation is 1. The van der Waals surface area contributed by atoms with E-state index < -0.39 is 9.84 Å². The largest absolute Gasteiger partial charge is 0.457 e. The summed E-state index contributed by atoms with van der Waals surface area (Å²) < 4.78 is 33.4. The number of para-hydroxylation sites is 1. The molecule has 0 spiro atoms. The number of fused-ring (bicyclic) bond motifs is 1. The van der Waals surface area contributed by atoms with Crippen LogP contribution in [0.4, 0.5) is 0 Å².